The highest BCUT2D eigenvalue weighted by atomic mass is 35.5. The van der Waals surface area contributed by atoms with E-state index in [2.05, 4.69) is 4.90 Å². The van der Waals surface area contributed by atoms with Crippen molar-refractivity contribution in [1.29, 1.82) is 0 Å². The third-order valence-corrected chi connectivity index (χ3v) is 6.11. The van der Waals surface area contributed by atoms with E-state index in [4.69, 9.17) is 16.6 Å². The molecule has 0 aliphatic carbocycles. The fourth-order valence-electron chi connectivity index (χ4n) is 4.05. The Morgan fingerprint density at radius 1 is 1.15 bits per heavy atom. The van der Waals surface area contributed by atoms with E-state index in [1.807, 2.05) is 43.4 Å². The monoisotopic (exact) mass is 467 g/mol. The summed E-state index contributed by atoms with van der Waals surface area (Å²) >= 11 is 6.52. The molecule has 1 saturated heterocycles. The molecule has 4 rings (SSSR count). The first kappa shape index (κ1) is 22.9. The number of anilines is 1. The first-order valence-corrected chi connectivity index (χ1v) is 11.3. The average Bonchev–Trinajstić information content (AvgIpc) is 3.26. The number of rotatable bonds is 6. The molecule has 0 saturated carbocycles. The summed E-state index contributed by atoms with van der Waals surface area (Å²) in [6, 6.07) is 11.7. The van der Waals surface area contributed by atoms with Gasteiger partial charge in [0.25, 0.3) is 11.6 Å². The molecule has 2 aromatic rings. The molecule has 1 fully saturated rings. The maximum atomic E-state index is 13.7. The number of likely N-dealkylation sites (tertiary alicyclic amines) is 1. The van der Waals surface area contributed by atoms with Crippen molar-refractivity contribution in [3.05, 3.63) is 80.6 Å². The van der Waals surface area contributed by atoms with Crippen molar-refractivity contribution in [3.63, 3.8) is 0 Å². The smallest absolute Gasteiger partial charge is 0.278 e. The van der Waals surface area contributed by atoms with E-state index in [1.54, 1.807) is 17.0 Å². The van der Waals surface area contributed by atoms with Crippen LogP contribution in [0.5, 0.6) is 0 Å². The van der Waals surface area contributed by atoms with Crippen molar-refractivity contribution in [2.24, 2.45) is 4.99 Å². The zero-order valence-corrected chi connectivity index (χ0v) is 19.5. The van der Waals surface area contributed by atoms with Gasteiger partial charge in [-0.3, -0.25) is 14.9 Å². The number of benzene rings is 2. The number of likely N-dealkylation sites (N-methyl/N-ethyl adjacent to an activating group) is 1. The summed E-state index contributed by atoms with van der Waals surface area (Å²) < 4.78 is 0. The molecule has 0 N–H and O–H groups in total. The molecule has 8 nitrogen and oxygen atoms in total. The third kappa shape index (κ3) is 4.91. The van der Waals surface area contributed by atoms with E-state index >= 15 is 0 Å². The summed E-state index contributed by atoms with van der Waals surface area (Å²) in [6.07, 6.45) is 3.95. The lowest BCUT2D eigenvalue weighted by Crippen LogP contribution is -2.37. The van der Waals surface area contributed by atoms with Crippen LogP contribution in [0.15, 0.2) is 59.4 Å². The number of halogens is 1. The lowest BCUT2D eigenvalue weighted by molar-refractivity contribution is -0.384. The summed E-state index contributed by atoms with van der Waals surface area (Å²) in [4.78, 5) is 35.4. The molecule has 0 unspecified atom stereocenters. The molecule has 9 heteroatoms. The number of amides is 1. The summed E-state index contributed by atoms with van der Waals surface area (Å²) in [5.41, 5.74) is 2.39. The average molecular weight is 468 g/mol. The third-order valence-electron chi connectivity index (χ3n) is 5.78. The minimum Gasteiger partial charge on any atom is -0.375 e. The molecule has 33 heavy (non-hydrogen) atoms. The number of aliphatic imine (C=N–C) groups is 1. The number of hydrogen-bond acceptors (Lipinski definition) is 6. The van der Waals surface area contributed by atoms with E-state index in [9.17, 15) is 14.9 Å². The molecule has 2 aliphatic rings. The van der Waals surface area contributed by atoms with Gasteiger partial charge in [0.2, 0.25) is 0 Å². The maximum Gasteiger partial charge on any atom is 0.278 e. The van der Waals surface area contributed by atoms with Crippen LogP contribution in [-0.4, -0.2) is 66.6 Å². The van der Waals surface area contributed by atoms with E-state index in [0.29, 0.717) is 46.3 Å². The number of non-ortho nitro benzene ring substituents is 1. The fraction of sp³-hybridized carbons (Fsp3) is 0.333. The standard InChI is InChI=1S/C24H26ClN5O3/c1-27(2)13-14-29-22-10-9-17(30(32)33)15-19(22)23(18-7-3-4-8-20(18)25)26-21(24(29)31)16-28-11-5-6-12-28/h3-4,7-10,15-16H,5-6,11-14H2,1-2H3. The van der Waals surface area contributed by atoms with Gasteiger partial charge < -0.3 is 14.7 Å². The molecule has 0 aromatic heterocycles. The molecule has 0 radical (unpaired) electrons. The second-order valence-corrected chi connectivity index (χ2v) is 8.82. The zero-order chi connectivity index (χ0) is 23.5. The van der Waals surface area contributed by atoms with Gasteiger partial charge in [-0.2, -0.15) is 0 Å². The molecule has 0 spiro atoms. The Hall–Kier alpha value is -3.23. The van der Waals surface area contributed by atoms with Gasteiger partial charge in [0.15, 0.2) is 0 Å². The van der Waals surface area contributed by atoms with Gasteiger partial charge in [-0.1, -0.05) is 29.8 Å². The van der Waals surface area contributed by atoms with Gasteiger partial charge in [0, 0.05) is 60.7 Å². The maximum absolute atomic E-state index is 13.7. The minimum absolute atomic E-state index is 0.0690. The highest BCUT2D eigenvalue weighted by Gasteiger charge is 2.31. The van der Waals surface area contributed by atoms with Gasteiger partial charge >= 0.3 is 0 Å². The van der Waals surface area contributed by atoms with Gasteiger partial charge in [-0.05, 0) is 39.1 Å². The van der Waals surface area contributed by atoms with E-state index in [1.165, 1.54) is 12.1 Å². The van der Waals surface area contributed by atoms with Gasteiger partial charge in [-0.15, -0.1) is 0 Å². The van der Waals surface area contributed by atoms with Crippen LogP contribution in [0, 0.1) is 10.1 Å². The normalized spacial score (nSPS) is 17.4. The number of hydrogen-bond donors (Lipinski definition) is 0. The Bertz CT molecular complexity index is 1140. The number of fused-ring (bicyclic) bond motifs is 1. The summed E-state index contributed by atoms with van der Waals surface area (Å²) in [5.74, 6) is -0.235. The van der Waals surface area contributed by atoms with Crippen LogP contribution in [0.4, 0.5) is 11.4 Å². The SMILES string of the molecule is CN(C)CCN1C(=O)C(=CN2CCCC2)N=C(c2ccccc2Cl)c2cc([N+](=O)[O-])ccc21. The highest BCUT2D eigenvalue weighted by Crippen LogP contribution is 2.34. The van der Waals surface area contributed by atoms with Crippen molar-refractivity contribution in [3.8, 4) is 0 Å². The summed E-state index contributed by atoms with van der Waals surface area (Å²) in [7, 11) is 3.87. The van der Waals surface area contributed by atoms with Crippen molar-refractivity contribution in [2.45, 2.75) is 12.8 Å². The highest BCUT2D eigenvalue weighted by molar-refractivity contribution is 6.36. The van der Waals surface area contributed by atoms with Gasteiger partial charge in [0.05, 0.1) is 16.3 Å². The number of nitro groups is 1. The minimum atomic E-state index is -0.442. The lowest BCUT2D eigenvalue weighted by atomic mass is 9.99. The fourth-order valence-corrected chi connectivity index (χ4v) is 4.27. The van der Waals surface area contributed by atoms with Crippen LogP contribution < -0.4 is 4.90 Å². The number of nitro benzene ring substituents is 1. The van der Waals surface area contributed by atoms with E-state index in [0.717, 1.165) is 25.9 Å². The van der Waals surface area contributed by atoms with Crippen LogP contribution in [-0.2, 0) is 4.79 Å². The van der Waals surface area contributed by atoms with Crippen molar-refractivity contribution >= 4 is 34.6 Å². The first-order valence-electron chi connectivity index (χ1n) is 10.9. The lowest BCUT2D eigenvalue weighted by Gasteiger charge is -2.25. The second-order valence-electron chi connectivity index (χ2n) is 8.42. The molecule has 172 valence electrons. The predicted octanol–water partition coefficient (Wildman–Crippen LogP) is 3.93. The molecular formula is C24H26ClN5O3. The molecular weight excluding hydrogens is 442 g/mol. The van der Waals surface area contributed by atoms with Crippen molar-refractivity contribution < 1.29 is 9.72 Å². The number of nitrogens with zero attached hydrogens (tertiary/aromatic N) is 5. The quantitative estimate of drug-likeness (QED) is 0.365. The van der Waals surface area contributed by atoms with Gasteiger partial charge in [0.1, 0.15) is 5.70 Å². The number of benzodiazepines with no additional fused rings is 1. The molecule has 2 heterocycles. The Morgan fingerprint density at radius 2 is 1.88 bits per heavy atom. The Morgan fingerprint density at radius 3 is 2.55 bits per heavy atom. The second kappa shape index (κ2) is 9.72. The van der Waals surface area contributed by atoms with E-state index < -0.39 is 4.92 Å². The van der Waals surface area contributed by atoms with Crippen LogP contribution in [0.3, 0.4) is 0 Å². The topological polar surface area (TPSA) is 82.3 Å². The van der Waals surface area contributed by atoms with Crippen LogP contribution in [0.2, 0.25) is 5.02 Å². The number of carbonyl (C=O) groups is 1. The Labute approximate surface area is 197 Å². The molecule has 0 bridgehead atoms. The largest absolute Gasteiger partial charge is 0.375 e. The molecule has 2 aliphatic heterocycles. The van der Waals surface area contributed by atoms with Gasteiger partial charge in [-0.25, -0.2) is 4.99 Å². The van der Waals surface area contributed by atoms with Crippen molar-refractivity contribution in [2.75, 3.05) is 45.2 Å². The van der Waals surface area contributed by atoms with Crippen molar-refractivity contribution in [1.82, 2.24) is 9.80 Å². The number of carbonyl (C=O) groups excluding carboxylic acids is 1. The van der Waals surface area contributed by atoms with Crippen LogP contribution >= 0.6 is 11.6 Å². The Balaban J connectivity index is 1.95. The summed E-state index contributed by atoms with van der Waals surface area (Å²) in [6.45, 7) is 2.77. The molecule has 2 aromatic carbocycles. The van der Waals surface area contributed by atoms with Crippen LogP contribution in [0.25, 0.3) is 0 Å². The Kier molecular flexibility index (Phi) is 6.76. The predicted molar refractivity (Wildman–Crippen MR) is 130 cm³/mol. The van der Waals surface area contributed by atoms with E-state index in [-0.39, 0.29) is 11.6 Å². The molecule has 0 atom stereocenters. The first-order chi connectivity index (χ1) is 15.8. The van der Waals surface area contributed by atoms with Crippen LogP contribution in [0.1, 0.15) is 24.0 Å². The zero-order valence-electron chi connectivity index (χ0n) is 18.7. The molecule has 1 amide bonds. The summed E-state index contributed by atoms with van der Waals surface area (Å²) in [5, 5.41) is 12.0.